The van der Waals surface area contributed by atoms with Crippen LogP contribution in [0.1, 0.15) is 37.5 Å². The molecule has 1 N–H and O–H groups in total. The van der Waals surface area contributed by atoms with E-state index in [1.54, 1.807) is 37.3 Å². The quantitative estimate of drug-likeness (QED) is 0.347. The molecular formula is C29H34BrN3O4S. The summed E-state index contributed by atoms with van der Waals surface area (Å²) in [4.78, 5) is 28.4. The fourth-order valence-electron chi connectivity index (χ4n) is 4.16. The van der Waals surface area contributed by atoms with Gasteiger partial charge < -0.3 is 10.2 Å². The summed E-state index contributed by atoms with van der Waals surface area (Å²) in [7, 11) is -4.08. The first-order valence-electron chi connectivity index (χ1n) is 12.4. The highest BCUT2D eigenvalue weighted by molar-refractivity contribution is 9.10. The molecule has 0 saturated carbocycles. The van der Waals surface area contributed by atoms with E-state index >= 15 is 0 Å². The number of anilines is 1. The fraction of sp³-hybridized carbons (Fsp3) is 0.310. The number of amides is 2. The van der Waals surface area contributed by atoms with Crippen molar-refractivity contribution in [2.45, 2.75) is 58.1 Å². The second kappa shape index (κ2) is 12.6. The molecule has 7 nitrogen and oxygen atoms in total. The van der Waals surface area contributed by atoms with Gasteiger partial charge in [0, 0.05) is 17.1 Å². The smallest absolute Gasteiger partial charge is 0.264 e. The molecule has 3 rings (SSSR count). The highest BCUT2D eigenvalue weighted by Gasteiger charge is 2.32. The lowest BCUT2D eigenvalue weighted by Crippen LogP contribution is -2.52. The van der Waals surface area contributed by atoms with Gasteiger partial charge in [-0.1, -0.05) is 52.3 Å². The Morgan fingerprint density at radius 2 is 1.53 bits per heavy atom. The molecule has 202 valence electrons. The zero-order valence-corrected chi connectivity index (χ0v) is 24.7. The molecule has 38 heavy (non-hydrogen) atoms. The fourth-order valence-corrected chi connectivity index (χ4v) is 6.03. The highest BCUT2D eigenvalue weighted by atomic mass is 79.9. The number of nitrogens with one attached hydrogen (secondary N) is 1. The maximum atomic E-state index is 13.9. The monoisotopic (exact) mass is 599 g/mol. The predicted molar refractivity (Wildman–Crippen MR) is 154 cm³/mol. The standard InChI is InChI=1S/C29H34BrN3O4S/c1-20(2)31-29(35)23(5)32(18-24-10-9-11-25(30)17-24)28(34)19-33(26-15-21(3)14-22(4)16-26)38(36,37)27-12-7-6-8-13-27/h6-17,20,23H,18-19H2,1-5H3,(H,31,35). The first-order valence-corrected chi connectivity index (χ1v) is 14.6. The van der Waals surface area contributed by atoms with E-state index in [2.05, 4.69) is 21.2 Å². The van der Waals surface area contributed by atoms with Crippen LogP contribution in [0.5, 0.6) is 0 Å². The van der Waals surface area contributed by atoms with Crippen LogP contribution in [0.15, 0.2) is 82.2 Å². The summed E-state index contributed by atoms with van der Waals surface area (Å²) >= 11 is 3.45. The first-order chi connectivity index (χ1) is 17.9. The minimum Gasteiger partial charge on any atom is -0.352 e. The van der Waals surface area contributed by atoms with Crippen molar-refractivity contribution in [3.05, 3.63) is 94.0 Å². The zero-order valence-electron chi connectivity index (χ0n) is 22.3. The van der Waals surface area contributed by atoms with Crippen LogP contribution < -0.4 is 9.62 Å². The van der Waals surface area contributed by atoms with Crippen molar-refractivity contribution in [1.29, 1.82) is 0 Å². The molecule has 3 aromatic rings. The number of hydrogen-bond acceptors (Lipinski definition) is 4. The second-order valence-electron chi connectivity index (χ2n) is 9.66. The number of hydrogen-bond donors (Lipinski definition) is 1. The lowest BCUT2D eigenvalue weighted by atomic mass is 10.1. The van der Waals surface area contributed by atoms with E-state index in [0.717, 1.165) is 25.5 Å². The molecule has 0 spiro atoms. The largest absolute Gasteiger partial charge is 0.352 e. The minimum absolute atomic E-state index is 0.0797. The number of carbonyl (C=O) groups is 2. The van der Waals surface area contributed by atoms with Crippen LogP contribution in [0.2, 0.25) is 0 Å². The molecule has 0 aliphatic rings. The Balaban J connectivity index is 2.06. The Morgan fingerprint density at radius 3 is 2.11 bits per heavy atom. The molecule has 0 heterocycles. The van der Waals surface area contributed by atoms with Crippen molar-refractivity contribution in [1.82, 2.24) is 10.2 Å². The summed E-state index contributed by atoms with van der Waals surface area (Å²) in [6.07, 6.45) is 0. The van der Waals surface area contributed by atoms with Crippen molar-refractivity contribution < 1.29 is 18.0 Å². The predicted octanol–water partition coefficient (Wildman–Crippen LogP) is 5.20. The van der Waals surface area contributed by atoms with Crippen LogP contribution in [-0.2, 0) is 26.2 Å². The number of nitrogens with zero attached hydrogens (tertiary/aromatic N) is 2. The van der Waals surface area contributed by atoms with Gasteiger partial charge in [0.25, 0.3) is 10.0 Å². The number of aryl methyl sites for hydroxylation is 2. The molecule has 0 bridgehead atoms. The van der Waals surface area contributed by atoms with Crippen molar-refractivity contribution in [2.75, 3.05) is 10.8 Å². The van der Waals surface area contributed by atoms with E-state index in [-0.39, 0.29) is 23.4 Å². The second-order valence-corrected chi connectivity index (χ2v) is 12.4. The molecule has 0 aromatic heterocycles. The van der Waals surface area contributed by atoms with Gasteiger partial charge in [-0.05, 0) is 87.7 Å². The summed E-state index contributed by atoms with van der Waals surface area (Å²) in [6, 6.07) is 20.0. The third-order valence-corrected chi connectivity index (χ3v) is 8.23. The Bertz CT molecular complexity index is 1370. The highest BCUT2D eigenvalue weighted by Crippen LogP contribution is 2.27. The van der Waals surface area contributed by atoms with Gasteiger partial charge in [-0.15, -0.1) is 0 Å². The molecular weight excluding hydrogens is 566 g/mol. The van der Waals surface area contributed by atoms with Crippen LogP contribution in [0.3, 0.4) is 0 Å². The van der Waals surface area contributed by atoms with E-state index in [1.165, 1.54) is 17.0 Å². The molecule has 0 fully saturated rings. The van der Waals surface area contributed by atoms with Crippen molar-refractivity contribution in [3.8, 4) is 0 Å². The molecule has 3 aromatic carbocycles. The topological polar surface area (TPSA) is 86.8 Å². The first kappa shape index (κ1) is 29.4. The molecule has 0 saturated heterocycles. The number of sulfonamides is 1. The van der Waals surface area contributed by atoms with Crippen molar-refractivity contribution >= 4 is 43.5 Å². The zero-order chi connectivity index (χ0) is 28.0. The van der Waals surface area contributed by atoms with E-state index in [1.807, 2.05) is 58.0 Å². The third-order valence-electron chi connectivity index (χ3n) is 5.94. The summed E-state index contributed by atoms with van der Waals surface area (Å²) in [5.41, 5.74) is 2.94. The summed E-state index contributed by atoms with van der Waals surface area (Å²) in [5, 5.41) is 2.86. The van der Waals surface area contributed by atoms with Gasteiger partial charge in [0.1, 0.15) is 12.6 Å². The van der Waals surface area contributed by atoms with Gasteiger partial charge in [-0.3, -0.25) is 13.9 Å². The molecule has 1 unspecified atom stereocenters. The van der Waals surface area contributed by atoms with Gasteiger partial charge >= 0.3 is 0 Å². The third kappa shape index (κ3) is 7.45. The van der Waals surface area contributed by atoms with Crippen LogP contribution >= 0.6 is 15.9 Å². The van der Waals surface area contributed by atoms with Gasteiger partial charge in [0.05, 0.1) is 10.6 Å². The lowest BCUT2D eigenvalue weighted by molar-refractivity contribution is -0.139. The van der Waals surface area contributed by atoms with Crippen molar-refractivity contribution in [3.63, 3.8) is 0 Å². The van der Waals surface area contributed by atoms with Crippen LogP contribution in [0, 0.1) is 13.8 Å². The Labute approximate surface area is 234 Å². The van der Waals surface area contributed by atoms with Gasteiger partial charge in [0.2, 0.25) is 11.8 Å². The Kier molecular flexibility index (Phi) is 9.73. The normalized spacial score (nSPS) is 12.2. The van der Waals surface area contributed by atoms with E-state index in [0.29, 0.717) is 5.69 Å². The number of halogens is 1. The summed E-state index contributed by atoms with van der Waals surface area (Å²) in [5.74, 6) is -0.803. The summed E-state index contributed by atoms with van der Waals surface area (Å²) < 4.78 is 29.6. The molecule has 9 heteroatoms. The molecule has 2 amide bonds. The average Bonchev–Trinajstić information content (AvgIpc) is 2.84. The van der Waals surface area contributed by atoms with Gasteiger partial charge in [-0.25, -0.2) is 8.42 Å². The maximum absolute atomic E-state index is 13.9. The van der Waals surface area contributed by atoms with E-state index in [9.17, 15) is 18.0 Å². The van der Waals surface area contributed by atoms with E-state index in [4.69, 9.17) is 0 Å². The number of carbonyl (C=O) groups excluding carboxylic acids is 2. The number of benzene rings is 3. The van der Waals surface area contributed by atoms with E-state index < -0.39 is 28.5 Å². The molecule has 0 aliphatic heterocycles. The van der Waals surface area contributed by atoms with Crippen molar-refractivity contribution in [2.24, 2.45) is 0 Å². The SMILES string of the molecule is Cc1cc(C)cc(N(CC(=O)N(Cc2cccc(Br)c2)C(C)C(=O)NC(C)C)S(=O)(=O)c2ccccc2)c1. The lowest BCUT2D eigenvalue weighted by Gasteiger charge is -2.32. The van der Waals surface area contributed by atoms with Gasteiger partial charge in [0.15, 0.2) is 0 Å². The number of rotatable bonds is 10. The Morgan fingerprint density at radius 1 is 0.895 bits per heavy atom. The summed E-state index contributed by atoms with van der Waals surface area (Å²) in [6.45, 7) is 8.77. The minimum atomic E-state index is -4.08. The molecule has 0 aliphatic carbocycles. The van der Waals surface area contributed by atoms with Gasteiger partial charge in [-0.2, -0.15) is 0 Å². The van der Waals surface area contributed by atoms with Crippen LogP contribution in [0.4, 0.5) is 5.69 Å². The Hall–Kier alpha value is -3.17. The maximum Gasteiger partial charge on any atom is 0.264 e. The molecule has 1 atom stereocenters. The van der Waals surface area contributed by atoms with Crippen LogP contribution in [-0.4, -0.2) is 43.8 Å². The van der Waals surface area contributed by atoms with Crippen LogP contribution in [0.25, 0.3) is 0 Å². The average molecular weight is 601 g/mol. The molecule has 0 radical (unpaired) electrons.